The highest BCUT2D eigenvalue weighted by Gasteiger charge is 2.17. The third-order valence-corrected chi connectivity index (χ3v) is 3.43. The summed E-state index contributed by atoms with van der Waals surface area (Å²) in [7, 11) is 0. The largest absolute Gasteiger partial charge is 0.393 e. The molecule has 1 atom stereocenters. The van der Waals surface area contributed by atoms with E-state index in [0.717, 1.165) is 25.7 Å². The van der Waals surface area contributed by atoms with E-state index in [2.05, 4.69) is 38.1 Å². The molecule has 0 amide bonds. The van der Waals surface area contributed by atoms with Gasteiger partial charge in [0.25, 0.3) is 0 Å². The van der Waals surface area contributed by atoms with Crippen molar-refractivity contribution in [3.05, 3.63) is 35.9 Å². The average molecular weight is 234 g/mol. The molecule has 17 heavy (non-hydrogen) atoms. The molecule has 1 heteroatoms. The maximum Gasteiger partial charge on any atom is 0.0571 e. The minimum atomic E-state index is -0.130. The maximum atomic E-state index is 10.2. The molecule has 0 heterocycles. The molecule has 0 aliphatic rings. The fourth-order valence-electron chi connectivity index (χ4n) is 2.47. The van der Waals surface area contributed by atoms with E-state index in [1.165, 1.54) is 18.4 Å². The zero-order valence-electron chi connectivity index (χ0n) is 11.2. The summed E-state index contributed by atoms with van der Waals surface area (Å²) < 4.78 is 0. The number of aliphatic hydroxyl groups excluding tert-OH is 1. The normalized spacial score (nSPS) is 12.9. The predicted octanol–water partition coefficient (Wildman–Crippen LogP) is 4.20. The van der Waals surface area contributed by atoms with Gasteiger partial charge in [0.1, 0.15) is 0 Å². The molecule has 1 rings (SSSR count). The highest BCUT2D eigenvalue weighted by molar-refractivity contribution is 5.14. The molecule has 1 aromatic rings. The standard InChI is InChI=1S/C16H26O/c1-3-8-15(9-4-2)16(17)13-12-14-10-6-5-7-11-14/h5-7,10-11,15-17H,3-4,8-9,12-13H2,1-2H3. The van der Waals surface area contributed by atoms with Crippen LogP contribution in [-0.2, 0) is 6.42 Å². The highest BCUT2D eigenvalue weighted by Crippen LogP contribution is 2.21. The van der Waals surface area contributed by atoms with Crippen LogP contribution < -0.4 is 0 Å². The number of hydrogen-bond acceptors (Lipinski definition) is 1. The Kier molecular flexibility index (Phi) is 6.95. The third-order valence-electron chi connectivity index (χ3n) is 3.43. The zero-order valence-corrected chi connectivity index (χ0v) is 11.2. The highest BCUT2D eigenvalue weighted by atomic mass is 16.3. The summed E-state index contributed by atoms with van der Waals surface area (Å²) in [4.78, 5) is 0. The van der Waals surface area contributed by atoms with Crippen LogP contribution >= 0.6 is 0 Å². The molecule has 0 fully saturated rings. The first-order valence-corrected chi connectivity index (χ1v) is 6.99. The van der Waals surface area contributed by atoms with Crippen molar-refractivity contribution < 1.29 is 5.11 Å². The van der Waals surface area contributed by atoms with Crippen LogP contribution in [0.4, 0.5) is 0 Å². The van der Waals surface area contributed by atoms with Crippen molar-refractivity contribution in [1.29, 1.82) is 0 Å². The molecule has 96 valence electrons. The molecular formula is C16H26O. The smallest absolute Gasteiger partial charge is 0.0571 e. The van der Waals surface area contributed by atoms with Crippen LogP contribution in [0.15, 0.2) is 30.3 Å². The van der Waals surface area contributed by atoms with Crippen molar-refractivity contribution in [3.63, 3.8) is 0 Å². The Bertz CT molecular complexity index is 275. The van der Waals surface area contributed by atoms with Crippen LogP contribution in [0.2, 0.25) is 0 Å². The second kappa shape index (κ2) is 8.30. The van der Waals surface area contributed by atoms with Gasteiger partial charge in [0.15, 0.2) is 0 Å². The average Bonchev–Trinajstić information content (AvgIpc) is 2.37. The molecule has 0 aromatic heterocycles. The summed E-state index contributed by atoms with van der Waals surface area (Å²) >= 11 is 0. The molecular weight excluding hydrogens is 208 g/mol. The van der Waals surface area contributed by atoms with Gasteiger partial charge in [0.05, 0.1) is 6.10 Å². The van der Waals surface area contributed by atoms with Crippen molar-refractivity contribution in [3.8, 4) is 0 Å². The topological polar surface area (TPSA) is 20.2 Å². The van der Waals surface area contributed by atoms with E-state index in [9.17, 15) is 5.11 Å². The number of hydrogen-bond donors (Lipinski definition) is 1. The molecule has 1 aromatic carbocycles. The van der Waals surface area contributed by atoms with Gasteiger partial charge in [-0.2, -0.15) is 0 Å². The van der Waals surface area contributed by atoms with Crippen molar-refractivity contribution in [2.75, 3.05) is 0 Å². The van der Waals surface area contributed by atoms with Gasteiger partial charge in [-0.05, 0) is 37.2 Å². The Balaban J connectivity index is 2.38. The zero-order chi connectivity index (χ0) is 12.5. The van der Waals surface area contributed by atoms with Crippen molar-refractivity contribution in [2.45, 2.75) is 58.5 Å². The fourth-order valence-corrected chi connectivity index (χ4v) is 2.47. The molecule has 0 bridgehead atoms. The van der Waals surface area contributed by atoms with Gasteiger partial charge in [0.2, 0.25) is 0 Å². The van der Waals surface area contributed by atoms with Crippen LogP contribution in [0, 0.1) is 5.92 Å². The number of aliphatic hydroxyl groups is 1. The Morgan fingerprint density at radius 1 is 0.941 bits per heavy atom. The molecule has 0 radical (unpaired) electrons. The first kappa shape index (κ1) is 14.2. The molecule has 0 aliphatic carbocycles. The monoisotopic (exact) mass is 234 g/mol. The van der Waals surface area contributed by atoms with Gasteiger partial charge in [-0.1, -0.05) is 57.0 Å². The molecule has 1 unspecified atom stereocenters. The predicted molar refractivity (Wildman–Crippen MR) is 74.1 cm³/mol. The van der Waals surface area contributed by atoms with E-state index in [1.807, 2.05) is 6.07 Å². The van der Waals surface area contributed by atoms with Crippen LogP contribution in [-0.4, -0.2) is 11.2 Å². The Labute approximate surface area is 106 Å². The van der Waals surface area contributed by atoms with Crippen molar-refractivity contribution in [1.82, 2.24) is 0 Å². The summed E-state index contributed by atoms with van der Waals surface area (Å²) in [6, 6.07) is 10.5. The Hall–Kier alpha value is -0.820. The summed E-state index contributed by atoms with van der Waals surface area (Å²) in [6.45, 7) is 4.40. The van der Waals surface area contributed by atoms with Gasteiger partial charge in [-0.25, -0.2) is 0 Å². The van der Waals surface area contributed by atoms with E-state index < -0.39 is 0 Å². The summed E-state index contributed by atoms with van der Waals surface area (Å²) in [5.74, 6) is 0.494. The minimum absolute atomic E-state index is 0.130. The van der Waals surface area contributed by atoms with E-state index >= 15 is 0 Å². The lowest BCUT2D eigenvalue weighted by molar-refractivity contribution is 0.0882. The second-order valence-electron chi connectivity index (χ2n) is 4.93. The fraction of sp³-hybridized carbons (Fsp3) is 0.625. The lowest BCUT2D eigenvalue weighted by atomic mass is 9.89. The van der Waals surface area contributed by atoms with Gasteiger partial charge >= 0.3 is 0 Å². The van der Waals surface area contributed by atoms with Gasteiger partial charge in [-0.15, -0.1) is 0 Å². The van der Waals surface area contributed by atoms with Crippen LogP contribution in [0.5, 0.6) is 0 Å². The minimum Gasteiger partial charge on any atom is -0.393 e. The Morgan fingerprint density at radius 3 is 2.06 bits per heavy atom. The van der Waals surface area contributed by atoms with Gasteiger partial charge in [0, 0.05) is 0 Å². The molecule has 0 spiro atoms. The molecule has 0 saturated carbocycles. The molecule has 1 nitrogen and oxygen atoms in total. The quantitative estimate of drug-likeness (QED) is 0.715. The second-order valence-corrected chi connectivity index (χ2v) is 4.93. The van der Waals surface area contributed by atoms with Crippen molar-refractivity contribution >= 4 is 0 Å². The van der Waals surface area contributed by atoms with Gasteiger partial charge < -0.3 is 5.11 Å². The van der Waals surface area contributed by atoms with Crippen LogP contribution in [0.1, 0.15) is 51.5 Å². The van der Waals surface area contributed by atoms with Crippen LogP contribution in [0.25, 0.3) is 0 Å². The van der Waals surface area contributed by atoms with E-state index in [1.54, 1.807) is 0 Å². The lowest BCUT2D eigenvalue weighted by Gasteiger charge is -2.22. The lowest BCUT2D eigenvalue weighted by Crippen LogP contribution is -2.21. The van der Waals surface area contributed by atoms with E-state index in [0.29, 0.717) is 5.92 Å². The van der Waals surface area contributed by atoms with E-state index in [4.69, 9.17) is 0 Å². The first-order chi connectivity index (χ1) is 8.27. The summed E-state index contributed by atoms with van der Waals surface area (Å²) in [5, 5.41) is 10.2. The summed E-state index contributed by atoms with van der Waals surface area (Å²) in [6.07, 6.45) is 6.42. The number of rotatable bonds is 8. The molecule has 1 N–H and O–H groups in total. The molecule has 0 saturated heterocycles. The van der Waals surface area contributed by atoms with Gasteiger partial charge in [-0.3, -0.25) is 0 Å². The first-order valence-electron chi connectivity index (χ1n) is 6.99. The Morgan fingerprint density at radius 2 is 1.53 bits per heavy atom. The maximum absolute atomic E-state index is 10.2. The summed E-state index contributed by atoms with van der Waals surface area (Å²) in [5.41, 5.74) is 1.33. The third kappa shape index (κ3) is 5.36. The van der Waals surface area contributed by atoms with Crippen molar-refractivity contribution in [2.24, 2.45) is 5.92 Å². The SMILES string of the molecule is CCCC(CCC)C(O)CCc1ccccc1. The molecule has 0 aliphatic heterocycles. The van der Waals surface area contributed by atoms with E-state index in [-0.39, 0.29) is 6.10 Å². The number of benzene rings is 1. The number of aryl methyl sites for hydroxylation is 1. The van der Waals surface area contributed by atoms with Crippen LogP contribution in [0.3, 0.4) is 0 Å².